The van der Waals surface area contributed by atoms with Crippen LogP contribution in [-0.2, 0) is 19.6 Å². The van der Waals surface area contributed by atoms with Crippen LogP contribution in [0.5, 0.6) is 0 Å². The minimum Gasteiger partial charge on any atom is -0.344 e. The molecule has 7 nitrogen and oxygen atoms in total. The van der Waals surface area contributed by atoms with Gasteiger partial charge in [-0.3, -0.25) is 9.59 Å². The number of likely N-dealkylation sites (N-methyl/N-ethyl adjacent to an activating group) is 1. The molecular formula is C20H24ClN3O4S. The molecule has 2 aromatic rings. The molecule has 1 N–H and O–H groups in total. The number of likely N-dealkylation sites (tertiary alicyclic amines) is 1. The molecular weight excluding hydrogens is 414 g/mol. The molecule has 2 amide bonds. The summed E-state index contributed by atoms with van der Waals surface area (Å²) >= 11 is 5.97. The van der Waals surface area contributed by atoms with E-state index >= 15 is 0 Å². The van der Waals surface area contributed by atoms with Crippen molar-refractivity contribution in [2.75, 3.05) is 20.1 Å². The van der Waals surface area contributed by atoms with E-state index in [2.05, 4.69) is 4.72 Å². The third-order valence-corrected chi connectivity index (χ3v) is 7.00. The summed E-state index contributed by atoms with van der Waals surface area (Å²) in [5, 5.41) is 2.13. The van der Waals surface area contributed by atoms with Crippen molar-refractivity contribution in [2.24, 2.45) is 0 Å². The summed E-state index contributed by atoms with van der Waals surface area (Å²) in [7, 11) is -2.22. The molecule has 1 saturated heterocycles. The van der Waals surface area contributed by atoms with Crippen molar-refractivity contribution in [1.82, 2.24) is 14.5 Å². The van der Waals surface area contributed by atoms with Crippen LogP contribution in [0.3, 0.4) is 0 Å². The Kier molecular flexibility index (Phi) is 6.16. The number of benzene rings is 2. The van der Waals surface area contributed by atoms with E-state index in [1.54, 1.807) is 44.3 Å². The van der Waals surface area contributed by atoms with Crippen LogP contribution in [0, 0.1) is 0 Å². The maximum atomic E-state index is 12.8. The molecule has 2 atom stereocenters. The summed E-state index contributed by atoms with van der Waals surface area (Å²) in [6.07, 6.45) is 0.314. The number of carbonyl (C=O) groups is 2. The predicted octanol–water partition coefficient (Wildman–Crippen LogP) is 2.24. The molecule has 3 rings (SSSR count). The second-order valence-corrected chi connectivity index (χ2v) is 9.33. The number of fused-ring (bicyclic) bond motifs is 1. The van der Waals surface area contributed by atoms with Gasteiger partial charge in [0.25, 0.3) is 0 Å². The Morgan fingerprint density at radius 1 is 1.28 bits per heavy atom. The molecule has 0 aliphatic carbocycles. The SMILES string of the molecule is CCN(C)C(=O)[C@H](C)N1CC[C@H](NS(=O)(=O)c2ccc3cc(Cl)ccc3c2)C1=O. The highest BCUT2D eigenvalue weighted by molar-refractivity contribution is 7.89. The molecule has 29 heavy (non-hydrogen) atoms. The number of sulfonamides is 1. The molecule has 0 radical (unpaired) electrons. The minimum absolute atomic E-state index is 0.0772. The fourth-order valence-electron chi connectivity index (χ4n) is 3.42. The van der Waals surface area contributed by atoms with E-state index in [4.69, 9.17) is 11.6 Å². The quantitative estimate of drug-likeness (QED) is 0.750. The first-order valence-electron chi connectivity index (χ1n) is 9.41. The zero-order valence-corrected chi connectivity index (χ0v) is 18.1. The molecule has 0 bridgehead atoms. The number of halogens is 1. The van der Waals surface area contributed by atoms with Crippen LogP contribution in [0.25, 0.3) is 10.8 Å². The van der Waals surface area contributed by atoms with E-state index < -0.39 is 22.1 Å². The minimum atomic E-state index is -3.89. The fraction of sp³-hybridized carbons (Fsp3) is 0.400. The monoisotopic (exact) mass is 437 g/mol. The lowest BCUT2D eigenvalue weighted by molar-refractivity contribution is -0.142. The van der Waals surface area contributed by atoms with Crippen LogP contribution < -0.4 is 4.72 Å². The zero-order chi connectivity index (χ0) is 21.3. The van der Waals surface area contributed by atoms with E-state index in [0.717, 1.165) is 10.8 Å². The first-order chi connectivity index (χ1) is 13.6. The van der Waals surface area contributed by atoms with Gasteiger partial charge in [0.05, 0.1) is 4.90 Å². The van der Waals surface area contributed by atoms with Gasteiger partial charge in [-0.05, 0) is 55.3 Å². The van der Waals surface area contributed by atoms with E-state index in [1.165, 1.54) is 15.9 Å². The summed E-state index contributed by atoms with van der Waals surface area (Å²) in [5.74, 6) is -0.552. The van der Waals surface area contributed by atoms with E-state index in [-0.39, 0.29) is 16.7 Å². The van der Waals surface area contributed by atoms with Gasteiger partial charge in [-0.2, -0.15) is 4.72 Å². The average Bonchev–Trinajstić information content (AvgIpc) is 3.05. The maximum Gasteiger partial charge on any atom is 0.244 e. The maximum absolute atomic E-state index is 12.8. The van der Waals surface area contributed by atoms with Gasteiger partial charge < -0.3 is 9.80 Å². The third kappa shape index (κ3) is 4.39. The Bertz CT molecular complexity index is 1060. The Morgan fingerprint density at radius 2 is 1.93 bits per heavy atom. The Labute approximate surface area is 175 Å². The molecule has 1 aliphatic rings. The molecule has 1 aliphatic heterocycles. The van der Waals surface area contributed by atoms with Crippen molar-refractivity contribution < 1.29 is 18.0 Å². The summed E-state index contributed by atoms with van der Waals surface area (Å²) in [6.45, 7) is 4.38. The topological polar surface area (TPSA) is 86.8 Å². The smallest absolute Gasteiger partial charge is 0.244 e. The van der Waals surface area contributed by atoms with Gasteiger partial charge >= 0.3 is 0 Å². The van der Waals surface area contributed by atoms with Crippen molar-refractivity contribution in [3.05, 3.63) is 41.4 Å². The zero-order valence-electron chi connectivity index (χ0n) is 16.6. The average molecular weight is 438 g/mol. The number of nitrogens with zero attached hydrogens (tertiary/aromatic N) is 2. The van der Waals surface area contributed by atoms with E-state index in [9.17, 15) is 18.0 Å². The Morgan fingerprint density at radius 3 is 2.62 bits per heavy atom. The largest absolute Gasteiger partial charge is 0.344 e. The molecule has 156 valence electrons. The number of rotatable bonds is 6. The number of hydrogen-bond acceptors (Lipinski definition) is 4. The molecule has 9 heteroatoms. The molecule has 1 heterocycles. The highest BCUT2D eigenvalue weighted by Crippen LogP contribution is 2.24. The normalized spacial score (nSPS) is 18.3. The van der Waals surface area contributed by atoms with Crippen LogP contribution in [0.2, 0.25) is 5.02 Å². The molecule has 0 saturated carbocycles. The Balaban J connectivity index is 1.76. The second kappa shape index (κ2) is 8.30. The van der Waals surface area contributed by atoms with Gasteiger partial charge in [-0.25, -0.2) is 8.42 Å². The van der Waals surface area contributed by atoms with Gasteiger partial charge in [-0.15, -0.1) is 0 Å². The summed E-state index contributed by atoms with van der Waals surface area (Å²) in [5.41, 5.74) is 0. The Hall–Kier alpha value is -2.16. The summed E-state index contributed by atoms with van der Waals surface area (Å²) in [4.78, 5) is 28.1. The van der Waals surface area contributed by atoms with Gasteiger partial charge in [-0.1, -0.05) is 23.7 Å². The molecule has 1 fully saturated rings. The van der Waals surface area contributed by atoms with Crippen LogP contribution in [0.4, 0.5) is 0 Å². The van der Waals surface area contributed by atoms with E-state index in [0.29, 0.717) is 24.5 Å². The van der Waals surface area contributed by atoms with Crippen LogP contribution in [-0.4, -0.2) is 62.3 Å². The van der Waals surface area contributed by atoms with Crippen molar-refractivity contribution in [1.29, 1.82) is 0 Å². The molecule has 0 unspecified atom stereocenters. The van der Waals surface area contributed by atoms with Crippen molar-refractivity contribution >= 4 is 44.2 Å². The van der Waals surface area contributed by atoms with Gasteiger partial charge in [0.2, 0.25) is 21.8 Å². The van der Waals surface area contributed by atoms with E-state index in [1.807, 2.05) is 6.92 Å². The number of carbonyl (C=O) groups excluding carboxylic acids is 2. The lowest BCUT2D eigenvalue weighted by atomic mass is 10.1. The first kappa shape index (κ1) is 21.5. The van der Waals surface area contributed by atoms with Gasteiger partial charge in [0, 0.05) is 25.2 Å². The summed E-state index contributed by atoms with van der Waals surface area (Å²) in [6, 6.07) is 8.39. The standard InChI is InChI=1S/C20H24ClN3O4S/c1-4-23(3)19(25)13(2)24-10-9-18(20(24)26)22-29(27,28)17-8-6-14-11-16(21)7-5-15(14)12-17/h5-8,11-13,18,22H,4,9-10H2,1-3H3/t13-,18-/m0/s1. The number of amides is 2. The van der Waals surface area contributed by atoms with Gasteiger partial charge in [0.15, 0.2) is 0 Å². The predicted molar refractivity (Wildman–Crippen MR) is 112 cm³/mol. The molecule has 2 aromatic carbocycles. The fourth-order valence-corrected chi connectivity index (χ4v) is 4.86. The molecule has 0 spiro atoms. The van der Waals surface area contributed by atoms with Crippen LogP contribution in [0.1, 0.15) is 20.3 Å². The van der Waals surface area contributed by atoms with Crippen LogP contribution >= 0.6 is 11.6 Å². The first-order valence-corrected chi connectivity index (χ1v) is 11.3. The van der Waals surface area contributed by atoms with Crippen molar-refractivity contribution in [3.8, 4) is 0 Å². The molecule has 0 aromatic heterocycles. The van der Waals surface area contributed by atoms with Crippen molar-refractivity contribution in [3.63, 3.8) is 0 Å². The second-order valence-electron chi connectivity index (χ2n) is 7.18. The van der Waals surface area contributed by atoms with Crippen molar-refractivity contribution in [2.45, 2.75) is 37.2 Å². The number of nitrogens with one attached hydrogen (secondary N) is 1. The highest BCUT2D eigenvalue weighted by Gasteiger charge is 2.39. The summed E-state index contributed by atoms with van der Waals surface area (Å²) < 4.78 is 28.1. The highest BCUT2D eigenvalue weighted by atomic mass is 35.5. The van der Waals surface area contributed by atoms with Gasteiger partial charge in [0.1, 0.15) is 12.1 Å². The lowest BCUT2D eigenvalue weighted by Gasteiger charge is -2.27. The van der Waals surface area contributed by atoms with Crippen LogP contribution in [0.15, 0.2) is 41.3 Å². The number of hydrogen-bond donors (Lipinski definition) is 1. The lowest BCUT2D eigenvalue weighted by Crippen LogP contribution is -2.49. The third-order valence-electron chi connectivity index (χ3n) is 5.30.